The SMILES string of the molecule is c1cnc(-c2csc(N3CCCC3)n2)cn1. The zero-order chi connectivity index (χ0) is 10.8. The van der Waals surface area contributed by atoms with Gasteiger partial charge in [-0.15, -0.1) is 11.3 Å². The van der Waals surface area contributed by atoms with Gasteiger partial charge in [-0.25, -0.2) is 4.98 Å². The smallest absolute Gasteiger partial charge is 0.185 e. The zero-order valence-electron chi connectivity index (χ0n) is 8.83. The van der Waals surface area contributed by atoms with Crippen molar-refractivity contribution in [3.63, 3.8) is 0 Å². The second-order valence-electron chi connectivity index (χ2n) is 3.80. The quantitative estimate of drug-likeness (QED) is 0.796. The van der Waals surface area contributed by atoms with Crippen molar-refractivity contribution < 1.29 is 0 Å². The summed E-state index contributed by atoms with van der Waals surface area (Å²) >= 11 is 1.69. The number of aromatic nitrogens is 3. The van der Waals surface area contributed by atoms with Gasteiger partial charge in [0.15, 0.2) is 5.13 Å². The van der Waals surface area contributed by atoms with E-state index in [1.807, 2.05) is 0 Å². The van der Waals surface area contributed by atoms with E-state index < -0.39 is 0 Å². The van der Waals surface area contributed by atoms with Crippen LogP contribution in [0.5, 0.6) is 0 Å². The van der Waals surface area contributed by atoms with Crippen molar-refractivity contribution in [2.24, 2.45) is 0 Å². The Morgan fingerprint density at radius 1 is 1.12 bits per heavy atom. The molecule has 3 rings (SSSR count). The van der Waals surface area contributed by atoms with Crippen LogP contribution < -0.4 is 4.90 Å². The van der Waals surface area contributed by atoms with E-state index in [2.05, 4.69) is 25.2 Å². The van der Waals surface area contributed by atoms with Crippen LogP contribution in [0.25, 0.3) is 11.4 Å². The Labute approximate surface area is 98.0 Å². The van der Waals surface area contributed by atoms with E-state index in [1.165, 1.54) is 12.8 Å². The standard InChI is InChI=1S/C11H12N4S/c1-2-6-15(5-1)11-14-10(8-16-11)9-7-12-3-4-13-9/h3-4,7-8H,1-2,5-6H2. The highest BCUT2D eigenvalue weighted by atomic mass is 32.1. The Morgan fingerprint density at radius 2 is 2.00 bits per heavy atom. The van der Waals surface area contributed by atoms with E-state index >= 15 is 0 Å². The summed E-state index contributed by atoms with van der Waals surface area (Å²) < 4.78 is 0. The average Bonchev–Trinajstić information content (AvgIpc) is 3.01. The zero-order valence-corrected chi connectivity index (χ0v) is 9.65. The Kier molecular flexibility index (Phi) is 2.53. The minimum absolute atomic E-state index is 0.851. The normalized spacial score (nSPS) is 15.6. The molecule has 0 unspecified atom stereocenters. The first-order chi connectivity index (χ1) is 7.93. The number of rotatable bonds is 2. The average molecular weight is 232 g/mol. The topological polar surface area (TPSA) is 41.9 Å². The molecule has 3 heterocycles. The largest absolute Gasteiger partial charge is 0.348 e. The van der Waals surface area contributed by atoms with Gasteiger partial charge in [-0.05, 0) is 12.8 Å². The monoisotopic (exact) mass is 232 g/mol. The second-order valence-corrected chi connectivity index (χ2v) is 4.64. The molecule has 0 aromatic carbocycles. The number of hydrogen-bond acceptors (Lipinski definition) is 5. The fraction of sp³-hybridized carbons (Fsp3) is 0.364. The maximum atomic E-state index is 4.60. The van der Waals surface area contributed by atoms with Gasteiger partial charge in [0.05, 0.1) is 6.20 Å². The van der Waals surface area contributed by atoms with Crippen LogP contribution in [0.4, 0.5) is 5.13 Å². The van der Waals surface area contributed by atoms with Crippen LogP contribution in [0, 0.1) is 0 Å². The Bertz CT molecular complexity index is 462. The molecular formula is C11H12N4S. The van der Waals surface area contributed by atoms with Crippen LogP contribution in [0.1, 0.15) is 12.8 Å². The first-order valence-electron chi connectivity index (χ1n) is 5.40. The third-order valence-corrected chi connectivity index (χ3v) is 3.60. The number of thiazole rings is 1. The van der Waals surface area contributed by atoms with E-state index in [-0.39, 0.29) is 0 Å². The summed E-state index contributed by atoms with van der Waals surface area (Å²) in [7, 11) is 0. The molecule has 0 amide bonds. The summed E-state index contributed by atoms with van der Waals surface area (Å²) in [6, 6.07) is 0. The van der Waals surface area contributed by atoms with E-state index in [4.69, 9.17) is 0 Å². The lowest BCUT2D eigenvalue weighted by Gasteiger charge is -2.12. The Morgan fingerprint density at radius 3 is 2.75 bits per heavy atom. The van der Waals surface area contributed by atoms with Crippen LogP contribution in [0.3, 0.4) is 0 Å². The van der Waals surface area contributed by atoms with Gasteiger partial charge in [-0.2, -0.15) is 0 Å². The molecule has 1 aliphatic rings. The van der Waals surface area contributed by atoms with Gasteiger partial charge in [0.1, 0.15) is 11.4 Å². The summed E-state index contributed by atoms with van der Waals surface area (Å²) in [6.07, 6.45) is 7.68. The van der Waals surface area contributed by atoms with Gasteiger partial charge in [0.25, 0.3) is 0 Å². The van der Waals surface area contributed by atoms with E-state index in [1.54, 1.807) is 29.9 Å². The minimum atomic E-state index is 0.851. The lowest BCUT2D eigenvalue weighted by Crippen LogP contribution is -2.17. The first kappa shape index (κ1) is 9.72. The van der Waals surface area contributed by atoms with Crippen LogP contribution in [0.2, 0.25) is 0 Å². The Balaban J connectivity index is 1.87. The van der Waals surface area contributed by atoms with Gasteiger partial charge in [0.2, 0.25) is 0 Å². The molecule has 0 radical (unpaired) electrons. The van der Waals surface area contributed by atoms with Crippen molar-refractivity contribution in [2.45, 2.75) is 12.8 Å². The number of nitrogens with zero attached hydrogens (tertiary/aromatic N) is 4. The van der Waals surface area contributed by atoms with Crippen LogP contribution in [0.15, 0.2) is 24.0 Å². The summed E-state index contributed by atoms with van der Waals surface area (Å²) in [5.74, 6) is 0. The molecule has 1 aliphatic heterocycles. The molecule has 4 nitrogen and oxygen atoms in total. The number of anilines is 1. The molecule has 0 aliphatic carbocycles. The van der Waals surface area contributed by atoms with E-state index in [9.17, 15) is 0 Å². The summed E-state index contributed by atoms with van der Waals surface area (Å²) in [5, 5.41) is 3.16. The molecule has 0 N–H and O–H groups in total. The third kappa shape index (κ3) is 1.78. The molecule has 5 heteroatoms. The lowest BCUT2D eigenvalue weighted by atomic mass is 10.4. The fourth-order valence-corrected chi connectivity index (χ4v) is 2.74. The molecule has 2 aromatic rings. The molecule has 0 atom stereocenters. The highest BCUT2D eigenvalue weighted by Gasteiger charge is 2.16. The minimum Gasteiger partial charge on any atom is -0.348 e. The molecule has 2 aromatic heterocycles. The highest BCUT2D eigenvalue weighted by Crippen LogP contribution is 2.28. The summed E-state index contributed by atoms with van der Waals surface area (Å²) in [6.45, 7) is 2.26. The predicted octanol–water partition coefficient (Wildman–Crippen LogP) is 2.20. The highest BCUT2D eigenvalue weighted by molar-refractivity contribution is 7.14. The van der Waals surface area contributed by atoms with Gasteiger partial charge < -0.3 is 4.90 Å². The van der Waals surface area contributed by atoms with Crippen molar-refractivity contribution in [3.05, 3.63) is 24.0 Å². The maximum Gasteiger partial charge on any atom is 0.185 e. The maximum absolute atomic E-state index is 4.60. The van der Waals surface area contributed by atoms with Crippen molar-refractivity contribution in [2.75, 3.05) is 18.0 Å². The van der Waals surface area contributed by atoms with Crippen LogP contribution >= 0.6 is 11.3 Å². The first-order valence-corrected chi connectivity index (χ1v) is 6.28. The summed E-state index contributed by atoms with van der Waals surface area (Å²) in [5.41, 5.74) is 1.78. The Hall–Kier alpha value is -1.49. The van der Waals surface area contributed by atoms with Gasteiger partial charge in [-0.1, -0.05) is 0 Å². The van der Waals surface area contributed by atoms with Crippen molar-refractivity contribution >= 4 is 16.5 Å². The van der Waals surface area contributed by atoms with Gasteiger partial charge in [0, 0.05) is 30.9 Å². The van der Waals surface area contributed by atoms with Crippen molar-refractivity contribution in [1.82, 2.24) is 15.0 Å². The lowest BCUT2D eigenvalue weighted by molar-refractivity contribution is 0.949. The summed E-state index contributed by atoms with van der Waals surface area (Å²) in [4.78, 5) is 15.3. The van der Waals surface area contributed by atoms with Crippen LogP contribution in [-0.4, -0.2) is 28.0 Å². The van der Waals surface area contributed by atoms with E-state index in [0.29, 0.717) is 0 Å². The number of hydrogen-bond donors (Lipinski definition) is 0. The van der Waals surface area contributed by atoms with Crippen LogP contribution in [-0.2, 0) is 0 Å². The molecule has 16 heavy (non-hydrogen) atoms. The molecule has 1 saturated heterocycles. The molecule has 0 spiro atoms. The van der Waals surface area contributed by atoms with E-state index in [0.717, 1.165) is 29.6 Å². The molecular weight excluding hydrogens is 220 g/mol. The molecule has 0 saturated carbocycles. The van der Waals surface area contributed by atoms with Gasteiger partial charge in [-0.3, -0.25) is 9.97 Å². The third-order valence-electron chi connectivity index (χ3n) is 2.69. The van der Waals surface area contributed by atoms with Crippen molar-refractivity contribution in [1.29, 1.82) is 0 Å². The molecule has 82 valence electrons. The molecule has 1 fully saturated rings. The predicted molar refractivity (Wildman–Crippen MR) is 64.6 cm³/mol. The fourth-order valence-electron chi connectivity index (χ4n) is 1.87. The molecule has 0 bridgehead atoms. The second kappa shape index (κ2) is 4.17. The van der Waals surface area contributed by atoms with Crippen molar-refractivity contribution in [3.8, 4) is 11.4 Å². The van der Waals surface area contributed by atoms with Gasteiger partial charge >= 0.3 is 0 Å².